The Morgan fingerprint density at radius 2 is 2.10 bits per heavy atom. The van der Waals surface area contributed by atoms with E-state index in [0.717, 1.165) is 17.0 Å². The average Bonchev–Trinajstić information content (AvgIpc) is 3.22. The molecule has 158 valence electrons. The number of ether oxygens (including phenoxy) is 1. The summed E-state index contributed by atoms with van der Waals surface area (Å²) in [5, 5.41) is 10.4. The fourth-order valence-corrected chi connectivity index (χ4v) is 2.63. The third-order valence-electron chi connectivity index (χ3n) is 4.22. The first-order chi connectivity index (χ1) is 14.5. The normalized spacial score (nSPS) is 11.6. The third-order valence-corrected chi connectivity index (χ3v) is 4.22. The predicted molar refractivity (Wildman–Crippen MR) is 113 cm³/mol. The highest BCUT2D eigenvalue weighted by atomic mass is 19.1. The standard InChI is InChI=1S/C22H26FN5O2/c1-4-25-22(27-14-18-11-20(15(2)3)28-30-18)26-12-16-7-8-21(19(23)10-16)29-17-6-5-9-24-13-17/h5-11,13,15H,4,12,14H2,1-3H3,(H2,25,26,27). The van der Waals surface area contributed by atoms with Crippen LogP contribution in [0.1, 0.15) is 43.7 Å². The van der Waals surface area contributed by atoms with Gasteiger partial charge in [-0.1, -0.05) is 25.1 Å². The molecule has 0 spiro atoms. The van der Waals surface area contributed by atoms with Gasteiger partial charge in [0.05, 0.1) is 25.0 Å². The van der Waals surface area contributed by atoms with Gasteiger partial charge in [-0.05, 0) is 42.7 Å². The van der Waals surface area contributed by atoms with Gasteiger partial charge in [-0.15, -0.1) is 0 Å². The van der Waals surface area contributed by atoms with Crippen LogP contribution >= 0.6 is 0 Å². The Kier molecular flexibility index (Phi) is 7.37. The van der Waals surface area contributed by atoms with Crippen molar-refractivity contribution in [2.75, 3.05) is 6.54 Å². The van der Waals surface area contributed by atoms with Crippen molar-refractivity contribution >= 4 is 5.96 Å². The first-order valence-corrected chi connectivity index (χ1v) is 9.89. The van der Waals surface area contributed by atoms with Crippen LogP contribution < -0.4 is 15.4 Å². The molecule has 2 heterocycles. The number of nitrogens with one attached hydrogen (secondary N) is 2. The highest BCUT2D eigenvalue weighted by Gasteiger charge is 2.09. The monoisotopic (exact) mass is 411 g/mol. The van der Waals surface area contributed by atoms with Crippen LogP contribution in [0.5, 0.6) is 11.5 Å². The predicted octanol–water partition coefficient (Wildman–Crippen LogP) is 4.38. The second-order valence-corrected chi connectivity index (χ2v) is 6.98. The van der Waals surface area contributed by atoms with E-state index in [9.17, 15) is 4.39 Å². The number of pyridine rings is 1. The van der Waals surface area contributed by atoms with Crippen LogP contribution in [0.4, 0.5) is 4.39 Å². The van der Waals surface area contributed by atoms with Gasteiger partial charge in [-0.25, -0.2) is 9.38 Å². The molecule has 8 heteroatoms. The van der Waals surface area contributed by atoms with Gasteiger partial charge < -0.3 is 19.9 Å². The highest BCUT2D eigenvalue weighted by molar-refractivity contribution is 5.79. The topological polar surface area (TPSA) is 84.6 Å². The lowest BCUT2D eigenvalue weighted by atomic mass is 10.1. The molecule has 7 nitrogen and oxygen atoms in total. The van der Waals surface area contributed by atoms with E-state index < -0.39 is 5.82 Å². The number of nitrogens with zero attached hydrogens (tertiary/aromatic N) is 3. The minimum Gasteiger partial charge on any atom is -0.453 e. The van der Waals surface area contributed by atoms with E-state index in [0.29, 0.717) is 37.3 Å². The molecule has 2 aromatic heterocycles. The lowest BCUT2D eigenvalue weighted by Crippen LogP contribution is -2.36. The van der Waals surface area contributed by atoms with E-state index in [1.54, 1.807) is 30.5 Å². The number of benzene rings is 1. The van der Waals surface area contributed by atoms with Crippen LogP contribution in [0.3, 0.4) is 0 Å². The number of hydrogen-bond donors (Lipinski definition) is 2. The second-order valence-electron chi connectivity index (χ2n) is 6.98. The number of aromatic nitrogens is 2. The maximum atomic E-state index is 14.4. The minimum absolute atomic E-state index is 0.145. The first kappa shape index (κ1) is 21.3. The smallest absolute Gasteiger partial charge is 0.191 e. The second kappa shape index (κ2) is 10.4. The Morgan fingerprint density at radius 1 is 1.23 bits per heavy atom. The molecule has 0 amide bonds. The van der Waals surface area contributed by atoms with Gasteiger partial charge in [0.1, 0.15) is 5.75 Å². The van der Waals surface area contributed by atoms with Crippen molar-refractivity contribution in [3.05, 3.63) is 71.6 Å². The third kappa shape index (κ3) is 6.04. The summed E-state index contributed by atoms with van der Waals surface area (Å²) in [5.74, 6) is 1.82. The van der Waals surface area contributed by atoms with Crippen LogP contribution in [-0.4, -0.2) is 22.6 Å². The van der Waals surface area contributed by atoms with E-state index in [2.05, 4.69) is 39.6 Å². The highest BCUT2D eigenvalue weighted by Crippen LogP contribution is 2.24. The summed E-state index contributed by atoms with van der Waals surface area (Å²) < 4.78 is 25.3. The maximum Gasteiger partial charge on any atom is 0.191 e. The lowest BCUT2D eigenvalue weighted by Gasteiger charge is -2.10. The molecular formula is C22H26FN5O2. The van der Waals surface area contributed by atoms with Crippen LogP contribution in [0.15, 0.2) is 58.3 Å². The molecule has 1 aromatic carbocycles. The van der Waals surface area contributed by atoms with Gasteiger partial charge in [0.2, 0.25) is 0 Å². The molecule has 0 unspecified atom stereocenters. The molecule has 3 rings (SSSR count). The summed E-state index contributed by atoms with van der Waals surface area (Å²) >= 11 is 0. The number of halogens is 1. The Labute approximate surface area is 175 Å². The molecule has 0 aliphatic heterocycles. The van der Waals surface area contributed by atoms with Crippen LogP contribution in [-0.2, 0) is 13.1 Å². The molecule has 0 bridgehead atoms. The molecule has 3 aromatic rings. The molecule has 0 atom stereocenters. The Balaban J connectivity index is 1.61. The minimum atomic E-state index is -0.451. The summed E-state index contributed by atoms with van der Waals surface area (Å²) in [6.45, 7) is 7.57. The van der Waals surface area contributed by atoms with Gasteiger partial charge in [0, 0.05) is 18.8 Å². The summed E-state index contributed by atoms with van der Waals surface area (Å²) in [5.41, 5.74) is 1.64. The quantitative estimate of drug-likeness (QED) is 0.423. The summed E-state index contributed by atoms with van der Waals surface area (Å²) in [6.07, 6.45) is 3.16. The van der Waals surface area contributed by atoms with E-state index >= 15 is 0 Å². The van der Waals surface area contributed by atoms with Crippen molar-refractivity contribution in [1.29, 1.82) is 0 Å². The summed E-state index contributed by atoms with van der Waals surface area (Å²) in [4.78, 5) is 8.46. The molecule has 0 fully saturated rings. The SMILES string of the molecule is CCNC(=NCc1ccc(Oc2cccnc2)c(F)c1)NCc1cc(C(C)C)no1. The lowest BCUT2D eigenvalue weighted by molar-refractivity contribution is 0.372. The van der Waals surface area contributed by atoms with Crippen molar-refractivity contribution < 1.29 is 13.7 Å². The Bertz CT molecular complexity index is 973. The van der Waals surface area contributed by atoms with Crippen molar-refractivity contribution in [2.45, 2.75) is 39.8 Å². The number of rotatable bonds is 8. The molecule has 2 N–H and O–H groups in total. The zero-order valence-corrected chi connectivity index (χ0v) is 17.4. The molecule has 0 aliphatic carbocycles. The molecule has 0 aliphatic rings. The molecule has 0 saturated carbocycles. The van der Waals surface area contributed by atoms with E-state index in [1.165, 1.54) is 12.3 Å². The zero-order chi connectivity index (χ0) is 21.3. The van der Waals surface area contributed by atoms with Gasteiger partial charge >= 0.3 is 0 Å². The Morgan fingerprint density at radius 3 is 2.77 bits per heavy atom. The summed E-state index contributed by atoms with van der Waals surface area (Å²) in [7, 11) is 0. The van der Waals surface area contributed by atoms with Gasteiger partial charge in [-0.3, -0.25) is 4.98 Å². The number of aliphatic imine (C=N–C) groups is 1. The van der Waals surface area contributed by atoms with Crippen LogP contribution in [0.2, 0.25) is 0 Å². The van der Waals surface area contributed by atoms with Crippen LogP contribution in [0.25, 0.3) is 0 Å². The van der Waals surface area contributed by atoms with Gasteiger partial charge in [0.25, 0.3) is 0 Å². The van der Waals surface area contributed by atoms with Crippen molar-refractivity contribution in [3.63, 3.8) is 0 Å². The fourth-order valence-electron chi connectivity index (χ4n) is 2.63. The Hall–Kier alpha value is -3.42. The van der Waals surface area contributed by atoms with Gasteiger partial charge in [0.15, 0.2) is 23.3 Å². The van der Waals surface area contributed by atoms with E-state index in [4.69, 9.17) is 9.26 Å². The number of hydrogen-bond acceptors (Lipinski definition) is 5. The molecule has 0 radical (unpaired) electrons. The molecule has 30 heavy (non-hydrogen) atoms. The summed E-state index contributed by atoms with van der Waals surface area (Å²) in [6, 6.07) is 10.2. The molecular weight excluding hydrogens is 385 g/mol. The van der Waals surface area contributed by atoms with Crippen LogP contribution in [0, 0.1) is 5.82 Å². The van der Waals surface area contributed by atoms with Crippen molar-refractivity contribution in [1.82, 2.24) is 20.8 Å². The first-order valence-electron chi connectivity index (χ1n) is 9.89. The van der Waals surface area contributed by atoms with E-state index in [-0.39, 0.29) is 5.75 Å². The largest absolute Gasteiger partial charge is 0.453 e. The van der Waals surface area contributed by atoms with E-state index in [1.807, 2.05) is 13.0 Å². The maximum absolute atomic E-state index is 14.4. The van der Waals surface area contributed by atoms with Crippen molar-refractivity contribution in [2.24, 2.45) is 4.99 Å². The van der Waals surface area contributed by atoms with Gasteiger partial charge in [-0.2, -0.15) is 0 Å². The van der Waals surface area contributed by atoms with Crippen molar-refractivity contribution in [3.8, 4) is 11.5 Å². The fraction of sp³-hybridized carbons (Fsp3) is 0.318. The average molecular weight is 411 g/mol. The number of guanidine groups is 1. The molecule has 0 saturated heterocycles. The zero-order valence-electron chi connectivity index (χ0n) is 17.4.